The van der Waals surface area contributed by atoms with Crippen molar-refractivity contribution in [3.05, 3.63) is 35.4 Å². The molecule has 2 N–H and O–H groups in total. The summed E-state index contributed by atoms with van der Waals surface area (Å²) in [7, 11) is 0. The summed E-state index contributed by atoms with van der Waals surface area (Å²) >= 11 is 0. The van der Waals surface area contributed by atoms with E-state index in [9.17, 15) is 13.6 Å². The van der Waals surface area contributed by atoms with Crippen LogP contribution < -0.4 is 5.73 Å². The van der Waals surface area contributed by atoms with Crippen molar-refractivity contribution in [2.24, 2.45) is 10.9 Å². The molecule has 1 aliphatic rings. The SMILES string of the molecule is CCOC(=O)C1(Cc2c(F)cccc2F)CC(CN)=NO1.Cl. The highest BCUT2D eigenvalue weighted by Gasteiger charge is 2.48. The molecule has 0 radical (unpaired) electrons. The Morgan fingerprint density at radius 3 is 2.59 bits per heavy atom. The van der Waals surface area contributed by atoms with E-state index in [0.29, 0.717) is 5.71 Å². The third kappa shape index (κ3) is 3.53. The van der Waals surface area contributed by atoms with Crippen LogP contribution in [0.2, 0.25) is 0 Å². The Morgan fingerprint density at radius 1 is 1.45 bits per heavy atom. The van der Waals surface area contributed by atoms with Gasteiger partial charge in [0.25, 0.3) is 0 Å². The van der Waals surface area contributed by atoms with Gasteiger partial charge >= 0.3 is 5.97 Å². The molecule has 2 rings (SSSR count). The third-order valence-corrected chi connectivity index (χ3v) is 3.25. The highest BCUT2D eigenvalue weighted by molar-refractivity contribution is 5.95. The molecule has 0 amide bonds. The Morgan fingerprint density at radius 2 is 2.09 bits per heavy atom. The number of esters is 1. The molecule has 122 valence electrons. The lowest BCUT2D eigenvalue weighted by Crippen LogP contribution is -2.43. The number of nitrogens with two attached hydrogens (primary N) is 1. The van der Waals surface area contributed by atoms with E-state index in [4.69, 9.17) is 15.3 Å². The summed E-state index contributed by atoms with van der Waals surface area (Å²) < 4.78 is 32.5. The fraction of sp³-hybridized carbons (Fsp3) is 0.429. The van der Waals surface area contributed by atoms with Gasteiger partial charge in [0.2, 0.25) is 5.60 Å². The maximum absolute atomic E-state index is 13.8. The van der Waals surface area contributed by atoms with E-state index in [1.54, 1.807) is 6.92 Å². The standard InChI is InChI=1S/C14H16F2N2O3.ClH/c1-2-20-13(19)14(6-9(8-17)18-21-14)7-10-11(15)4-3-5-12(10)16;/h3-5H,2,6-8,17H2,1H3;1H. The molecule has 5 nitrogen and oxygen atoms in total. The molecule has 0 saturated carbocycles. The number of carbonyl (C=O) groups is 1. The number of hydrogen-bond acceptors (Lipinski definition) is 5. The molecule has 1 atom stereocenters. The van der Waals surface area contributed by atoms with Crippen molar-refractivity contribution in [3.63, 3.8) is 0 Å². The Balaban J connectivity index is 0.00000242. The second-order valence-electron chi connectivity index (χ2n) is 4.72. The summed E-state index contributed by atoms with van der Waals surface area (Å²) in [6, 6.07) is 3.50. The first-order valence-electron chi connectivity index (χ1n) is 6.56. The maximum atomic E-state index is 13.8. The largest absolute Gasteiger partial charge is 0.463 e. The van der Waals surface area contributed by atoms with Gasteiger partial charge in [-0.2, -0.15) is 0 Å². The van der Waals surface area contributed by atoms with E-state index >= 15 is 0 Å². The number of nitrogens with zero attached hydrogens (tertiary/aromatic N) is 1. The Bertz CT molecular complexity index is 563. The Kier molecular flexibility index (Phi) is 6.25. The van der Waals surface area contributed by atoms with Crippen LogP contribution in [-0.2, 0) is 20.8 Å². The maximum Gasteiger partial charge on any atom is 0.354 e. The van der Waals surface area contributed by atoms with Crippen LogP contribution in [0, 0.1) is 11.6 Å². The summed E-state index contributed by atoms with van der Waals surface area (Å²) in [5.41, 5.74) is 4.12. The van der Waals surface area contributed by atoms with Crippen LogP contribution in [0.5, 0.6) is 0 Å². The van der Waals surface area contributed by atoms with Gasteiger partial charge in [-0.3, -0.25) is 0 Å². The number of ether oxygens (including phenoxy) is 1. The van der Waals surface area contributed by atoms with Gasteiger partial charge in [-0.15, -0.1) is 12.4 Å². The van der Waals surface area contributed by atoms with E-state index in [1.807, 2.05) is 0 Å². The lowest BCUT2D eigenvalue weighted by atomic mass is 9.89. The first-order valence-corrected chi connectivity index (χ1v) is 6.56. The van der Waals surface area contributed by atoms with Crippen molar-refractivity contribution in [3.8, 4) is 0 Å². The monoisotopic (exact) mass is 334 g/mol. The second kappa shape index (κ2) is 7.51. The molecule has 1 aromatic carbocycles. The molecule has 0 bridgehead atoms. The minimum Gasteiger partial charge on any atom is -0.463 e. The molecule has 0 saturated heterocycles. The van der Waals surface area contributed by atoms with E-state index in [2.05, 4.69) is 5.16 Å². The highest BCUT2D eigenvalue weighted by Crippen LogP contribution is 2.31. The normalized spacial score (nSPS) is 19.9. The lowest BCUT2D eigenvalue weighted by Gasteiger charge is -2.24. The fourth-order valence-corrected chi connectivity index (χ4v) is 2.18. The summed E-state index contributed by atoms with van der Waals surface area (Å²) in [5, 5.41) is 3.71. The number of rotatable bonds is 5. The van der Waals surface area contributed by atoms with Crippen LogP contribution in [-0.4, -0.2) is 30.4 Å². The van der Waals surface area contributed by atoms with Gasteiger partial charge in [0.05, 0.1) is 12.3 Å². The summed E-state index contributed by atoms with van der Waals surface area (Å²) in [4.78, 5) is 17.3. The van der Waals surface area contributed by atoms with Crippen molar-refractivity contribution in [2.45, 2.75) is 25.4 Å². The van der Waals surface area contributed by atoms with Crippen molar-refractivity contribution < 1.29 is 23.1 Å². The van der Waals surface area contributed by atoms with Gasteiger partial charge in [-0.25, -0.2) is 13.6 Å². The van der Waals surface area contributed by atoms with Gasteiger partial charge in [0.15, 0.2) is 0 Å². The highest BCUT2D eigenvalue weighted by atomic mass is 35.5. The molecular formula is C14H17ClF2N2O3. The average molecular weight is 335 g/mol. The van der Waals surface area contributed by atoms with Gasteiger partial charge in [-0.05, 0) is 19.1 Å². The minimum atomic E-state index is -1.56. The quantitative estimate of drug-likeness (QED) is 0.835. The van der Waals surface area contributed by atoms with Gasteiger partial charge < -0.3 is 15.3 Å². The van der Waals surface area contributed by atoms with Crippen LogP contribution in [0.4, 0.5) is 8.78 Å². The summed E-state index contributed by atoms with van der Waals surface area (Å²) in [6.45, 7) is 1.86. The molecule has 1 heterocycles. The molecule has 1 unspecified atom stereocenters. The molecule has 0 aromatic heterocycles. The van der Waals surface area contributed by atoms with E-state index in [0.717, 1.165) is 12.1 Å². The summed E-state index contributed by atoms with van der Waals surface area (Å²) in [5.74, 6) is -2.20. The second-order valence-corrected chi connectivity index (χ2v) is 4.72. The topological polar surface area (TPSA) is 73.9 Å². The smallest absolute Gasteiger partial charge is 0.354 e. The zero-order chi connectivity index (χ0) is 15.5. The predicted octanol–water partition coefficient (Wildman–Crippen LogP) is 1.97. The predicted molar refractivity (Wildman–Crippen MR) is 78.9 cm³/mol. The average Bonchev–Trinajstić information content (AvgIpc) is 2.88. The fourth-order valence-electron chi connectivity index (χ4n) is 2.18. The van der Waals surface area contributed by atoms with Crippen LogP contribution in [0.15, 0.2) is 23.4 Å². The van der Waals surface area contributed by atoms with Crippen molar-refractivity contribution >= 4 is 24.1 Å². The molecular weight excluding hydrogens is 318 g/mol. The Labute approximate surface area is 132 Å². The van der Waals surface area contributed by atoms with Gasteiger partial charge in [0, 0.05) is 24.9 Å². The van der Waals surface area contributed by atoms with Crippen LogP contribution >= 0.6 is 12.4 Å². The molecule has 1 aliphatic heterocycles. The van der Waals surface area contributed by atoms with Crippen LogP contribution in [0.3, 0.4) is 0 Å². The minimum absolute atomic E-state index is 0. The molecule has 0 aliphatic carbocycles. The zero-order valence-electron chi connectivity index (χ0n) is 12.0. The van der Waals surface area contributed by atoms with Crippen LogP contribution in [0.1, 0.15) is 18.9 Å². The number of hydrogen-bond donors (Lipinski definition) is 1. The molecule has 1 aromatic rings. The number of benzene rings is 1. The van der Waals surface area contributed by atoms with Crippen molar-refractivity contribution in [2.75, 3.05) is 13.2 Å². The number of halogens is 3. The molecule has 0 fully saturated rings. The first-order chi connectivity index (χ1) is 10.0. The summed E-state index contributed by atoms with van der Waals surface area (Å²) in [6.07, 6.45) is -0.257. The zero-order valence-corrected chi connectivity index (χ0v) is 12.8. The molecule has 0 spiro atoms. The van der Waals surface area contributed by atoms with Gasteiger partial charge in [-0.1, -0.05) is 11.2 Å². The van der Waals surface area contributed by atoms with Crippen molar-refractivity contribution in [1.29, 1.82) is 0 Å². The number of oxime groups is 1. The van der Waals surface area contributed by atoms with Crippen molar-refractivity contribution in [1.82, 2.24) is 0 Å². The van der Waals surface area contributed by atoms with E-state index in [-0.39, 0.29) is 44.0 Å². The van der Waals surface area contributed by atoms with E-state index < -0.39 is 23.2 Å². The third-order valence-electron chi connectivity index (χ3n) is 3.25. The lowest BCUT2D eigenvalue weighted by molar-refractivity contribution is -0.169. The molecule has 22 heavy (non-hydrogen) atoms. The van der Waals surface area contributed by atoms with Gasteiger partial charge in [0.1, 0.15) is 11.6 Å². The van der Waals surface area contributed by atoms with Crippen LogP contribution in [0.25, 0.3) is 0 Å². The number of carbonyl (C=O) groups excluding carboxylic acids is 1. The first kappa shape index (κ1) is 18.3. The Hall–Kier alpha value is -1.73. The van der Waals surface area contributed by atoms with E-state index in [1.165, 1.54) is 6.07 Å². The molecule has 8 heteroatoms.